The number of fused-ring (bicyclic) bond motifs is 14. The lowest BCUT2D eigenvalue weighted by atomic mass is 9.89. The number of phenols is 5. The van der Waals surface area contributed by atoms with Crippen LogP contribution in [0.1, 0.15) is 75.3 Å². The topological polar surface area (TPSA) is 495 Å². The van der Waals surface area contributed by atoms with Crippen LogP contribution in [-0.2, 0) is 49.5 Å². The molecule has 33 heteroatoms. The van der Waals surface area contributed by atoms with Crippen molar-refractivity contribution in [3.05, 3.63) is 164 Å². The third kappa shape index (κ3) is 12.8. The van der Waals surface area contributed by atoms with E-state index in [4.69, 9.17) is 52.6 Å². The van der Waals surface area contributed by atoms with E-state index >= 15 is 19.2 Å². The predicted molar refractivity (Wildman–Crippen MR) is 335 cm³/mol. The highest BCUT2D eigenvalue weighted by Crippen LogP contribution is 2.49. The molecule has 6 amide bonds. The maximum atomic E-state index is 16.1. The van der Waals surface area contributed by atoms with Crippen molar-refractivity contribution < 1.29 is 113 Å². The molecule has 0 unspecified atom stereocenters. The first kappa shape index (κ1) is 66.8. The van der Waals surface area contributed by atoms with Crippen LogP contribution in [-0.4, -0.2) is 148 Å². The SMILES string of the molecule is CN[C@@H]1C(=O)N[C@@H]2Cc3ccc(cc3)Oc3cc4cc(c3O[C@@H]3O[C@H](C(=O)O)[C@@H](O)[C@H](O)[C@H]3N)Oc3ccc(cc3Cl)[C@@H](O)[C@@H]3NC(=O)[C@H](NC(=O)[C@@H]4NC(=O)[C@@H](NC2=O)c2cc(cc(O)c2Cl)Oc2cc1ccc2O)c1ccc(O)c(c1)-c1c(O)cc(O)cc1[C@@H](C(=O)O)NC3=O. The number of carboxylic acids is 2. The highest BCUT2D eigenvalue weighted by molar-refractivity contribution is 6.33. The van der Waals surface area contributed by atoms with Crippen molar-refractivity contribution in [1.82, 2.24) is 37.2 Å². The largest absolute Gasteiger partial charge is 0.508 e. The quantitative estimate of drug-likeness (QED) is 0.118. The third-order valence-corrected chi connectivity index (χ3v) is 17.6. The molecule has 7 aromatic rings. The summed E-state index contributed by atoms with van der Waals surface area (Å²) < 4.78 is 31.1. The van der Waals surface area contributed by atoms with Crippen molar-refractivity contribution in [2.24, 2.45) is 5.73 Å². The third-order valence-electron chi connectivity index (χ3n) is 16.8. The standard InChI is InChI=1S/C65H56Cl2N8O23/c1-69-46-24-5-10-36(78)40(15-24)95-29-20-32(44(67)38(80)21-29)49-61(88)72-48-26-16-41(94-28-7-2-22(3-8-28)12-34(57(84)73-49)70-58(46)85)55(97-65-45(68)53(82)54(83)56(98-65)64(92)93)42(17-26)96-39-11-6-25(14-33(39)66)52(81)51-62(89)74-50(63(90)91)31-18-27(76)19-37(79)43(31)30-13-23(4-9-35(30)77)47(59(86)75-51)71-60(48)87/h2-11,13-21,34,45-54,56,65,69,76-83H,12,68H2,1H3,(H,70,85)(H,71,87)(H,72,88)(H,73,84)(H,74,89)(H,75,86)(H,90,91)(H,92,93)/t34-,45-,46+,47-,48-,49+,50+,51+,52-,53-,54+,56+,65-/m1/s1. The second-order valence-corrected chi connectivity index (χ2v) is 24.0. The fourth-order valence-corrected chi connectivity index (χ4v) is 12.3. The van der Waals surface area contributed by atoms with E-state index in [0.717, 1.165) is 72.8 Å². The first-order valence-corrected chi connectivity index (χ1v) is 30.3. The number of amides is 6. The summed E-state index contributed by atoms with van der Waals surface area (Å²) in [6.45, 7) is 0. The Morgan fingerprint density at radius 2 is 1.18 bits per heavy atom. The minimum Gasteiger partial charge on any atom is -0.508 e. The number of aromatic hydroxyl groups is 5. The Balaban J connectivity index is 1.12. The Kier molecular flexibility index (Phi) is 18.0. The highest BCUT2D eigenvalue weighted by atomic mass is 35.5. The zero-order chi connectivity index (χ0) is 70.0. The van der Waals surface area contributed by atoms with Crippen molar-refractivity contribution in [3.63, 3.8) is 0 Å². The number of benzene rings is 7. The van der Waals surface area contributed by atoms with Gasteiger partial charge in [0.25, 0.3) is 0 Å². The molecule has 1 saturated heterocycles. The van der Waals surface area contributed by atoms with Crippen molar-refractivity contribution >= 4 is 70.6 Å². The van der Waals surface area contributed by atoms with E-state index in [2.05, 4.69) is 37.2 Å². The molecule has 31 nitrogen and oxygen atoms in total. The molecule has 0 radical (unpaired) electrons. The molecule has 7 aromatic carbocycles. The summed E-state index contributed by atoms with van der Waals surface area (Å²) in [6, 6.07) is 5.82. The van der Waals surface area contributed by atoms with Crippen molar-refractivity contribution in [1.29, 1.82) is 0 Å². The Bertz CT molecular complexity index is 4490. The van der Waals surface area contributed by atoms with Crippen LogP contribution < -0.4 is 61.9 Å². The van der Waals surface area contributed by atoms with Crippen LogP contribution in [0.5, 0.6) is 69.0 Å². The molecule has 0 spiro atoms. The molecule has 7 heterocycles. The van der Waals surface area contributed by atoms with Gasteiger partial charge in [0.2, 0.25) is 47.5 Å². The number of carboxylic acid groups (broad SMARTS) is 2. The number of halogens is 2. The molecule has 0 saturated carbocycles. The molecule has 7 aliphatic heterocycles. The van der Waals surface area contributed by atoms with Gasteiger partial charge in [-0.15, -0.1) is 0 Å². The first-order valence-electron chi connectivity index (χ1n) is 29.6. The predicted octanol–water partition coefficient (Wildman–Crippen LogP) is 2.78. The number of hydrogen-bond acceptors (Lipinski definition) is 23. The van der Waals surface area contributed by atoms with Gasteiger partial charge in [-0.05, 0) is 108 Å². The number of nitrogens with two attached hydrogens (primary N) is 1. The highest BCUT2D eigenvalue weighted by Gasteiger charge is 2.49. The fourth-order valence-electron chi connectivity index (χ4n) is 11.9. The Hall–Kier alpha value is -11.2. The van der Waals surface area contributed by atoms with Crippen LogP contribution in [0.25, 0.3) is 11.1 Å². The summed E-state index contributed by atoms with van der Waals surface area (Å²) in [4.78, 5) is 118. The monoisotopic (exact) mass is 1390 g/mol. The van der Waals surface area contributed by atoms with Gasteiger partial charge in [0.15, 0.2) is 35.1 Å². The van der Waals surface area contributed by atoms with E-state index in [1.54, 1.807) is 0 Å². The summed E-state index contributed by atoms with van der Waals surface area (Å²) in [6.07, 6.45) is -11.0. The first-order chi connectivity index (χ1) is 46.6. The molecule has 0 aromatic heterocycles. The van der Waals surface area contributed by atoms with Crippen LogP contribution in [0, 0.1) is 0 Å². The Morgan fingerprint density at radius 3 is 1.88 bits per heavy atom. The van der Waals surface area contributed by atoms with Gasteiger partial charge in [-0.1, -0.05) is 53.5 Å². The zero-order valence-electron chi connectivity index (χ0n) is 50.3. The lowest BCUT2D eigenvalue weighted by molar-refractivity contribution is -0.236. The van der Waals surface area contributed by atoms with E-state index in [9.17, 15) is 70.2 Å². The van der Waals surface area contributed by atoms with E-state index in [0.29, 0.717) is 5.56 Å². The van der Waals surface area contributed by atoms with Gasteiger partial charge < -0.3 is 118 Å². The van der Waals surface area contributed by atoms with Gasteiger partial charge in [-0.3, -0.25) is 28.8 Å². The van der Waals surface area contributed by atoms with Crippen LogP contribution in [0.15, 0.2) is 115 Å². The summed E-state index contributed by atoms with van der Waals surface area (Å²) in [7, 11) is 1.43. The molecule has 0 aliphatic carbocycles. The van der Waals surface area contributed by atoms with Crippen LogP contribution in [0.2, 0.25) is 10.0 Å². The number of phenolic OH excluding ortho intramolecular Hbond substituents is 5. The minimum atomic E-state index is -2.34. The fraction of sp³-hybridized carbons (Fsp3) is 0.231. The molecule has 1 fully saturated rings. The van der Waals surface area contributed by atoms with Gasteiger partial charge in [0, 0.05) is 40.8 Å². The normalized spacial score (nSPS) is 25.4. The maximum absolute atomic E-state index is 16.1. The number of ether oxygens (including phenoxy) is 5. The lowest BCUT2D eigenvalue weighted by Gasteiger charge is -2.39. The number of nitrogens with one attached hydrogen (secondary N) is 7. The van der Waals surface area contributed by atoms with Gasteiger partial charge >= 0.3 is 11.9 Å². The molecule has 508 valence electrons. The van der Waals surface area contributed by atoms with Crippen molar-refractivity contribution in [2.45, 2.75) is 85.5 Å². The molecular formula is C65H56Cl2N8O23. The van der Waals surface area contributed by atoms with Gasteiger partial charge in [0.05, 0.1) is 16.1 Å². The summed E-state index contributed by atoms with van der Waals surface area (Å²) in [5, 5.41) is 128. The number of aliphatic carboxylic acids is 2. The van der Waals surface area contributed by atoms with Gasteiger partial charge in [-0.25, -0.2) is 9.59 Å². The molecule has 98 heavy (non-hydrogen) atoms. The second kappa shape index (κ2) is 26.4. The van der Waals surface area contributed by atoms with Crippen LogP contribution in [0.3, 0.4) is 0 Å². The lowest BCUT2D eigenvalue weighted by Crippen LogP contribution is -2.64. The Morgan fingerprint density at radius 1 is 0.551 bits per heavy atom. The number of aliphatic hydroxyl groups excluding tert-OH is 3. The number of hydrogen-bond donors (Lipinski definition) is 18. The number of carbonyl (C=O) groups is 8. The molecule has 7 aliphatic rings. The zero-order valence-corrected chi connectivity index (χ0v) is 51.8. The smallest absolute Gasteiger partial charge is 0.335 e. The van der Waals surface area contributed by atoms with Crippen molar-refractivity contribution in [3.8, 4) is 80.1 Å². The summed E-state index contributed by atoms with van der Waals surface area (Å²) in [5.74, 6) is -17.6. The number of rotatable bonds is 5. The van der Waals surface area contributed by atoms with Crippen molar-refractivity contribution in [2.75, 3.05) is 7.05 Å². The van der Waals surface area contributed by atoms with Crippen LogP contribution >= 0.6 is 23.2 Å². The second-order valence-electron chi connectivity index (χ2n) is 23.2. The minimum absolute atomic E-state index is 0.0938. The Labute approximate surface area is 561 Å². The molecular weight excluding hydrogens is 1330 g/mol. The summed E-state index contributed by atoms with van der Waals surface area (Å²) >= 11 is 13.9. The number of carbonyl (C=O) groups excluding carboxylic acids is 6. The van der Waals surface area contributed by atoms with E-state index < -0.39 is 210 Å². The number of aliphatic hydroxyl groups is 3. The molecule has 19 N–H and O–H groups in total. The van der Waals surface area contributed by atoms with E-state index in [-0.39, 0.29) is 46.1 Å². The molecule has 13 atom stereocenters. The van der Waals surface area contributed by atoms with Gasteiger partial charge in [-0.2, -0.15) is 0 Å². The molecule has 14 rings (SSSR count). The van der Waals surface area contributed by atoms with Crippen LogP contribution in [0.4, 0.5) is 0 Å². The van der Waals surface area contributed by atoms with E-state index in [1.807, 2.05) is 0 Å². The maximum Gasteiger partial charge on any atom is 0.335 e. The summed E-state index contributed by atoms with van der Waals surface area (Å²) in [5.41, 5.74) is 3.82. The van der Waals surface area contributed by atoms with E-state index in [1.165, 1.54) is 49.5 Å². The molecule has 17 bridgehead atoms. The van der Waals surface area contributed by atoms with Gasteiger partial charge in [0.1, 0.15) is 94.8 Å². The average molecular weight is 1390 g/mol. The average Bonchev–Trinajstić information content (AvgIpc) is 0.769. The number of likely N-dealkylation sites (N-methyl/N-ethyl adjacent to an activating group) is 1.